The minimum absolute atomic E-state index is 0.0262. The number of hydrogen-bond acceptors (Lipinski definition) is 4. The summed E-state index contributed by atoms with van der Waals surface area (Å²) in [5.41, 5.74) is 11.2. The van der Waals surface area contributed by atoms with Crippen LogP contribution in [0.5, 0.6) is 0 Å². The zero-order chi connectivity index (χ0) is 19.7. The summed E-state index contributed by atoms with van der Waals surface area (Å²) in [5.74, 6) is 1.12. The van der Waals surface area contributed by atoms with E-state index in [1.807, 2.05) is 17.0 Å². The fourth-order valence-electron chi connectivity index (χ4n) is 4.28. The number of aryl methyl sites for hydroxylation is 1. The second-order valence-electron chi connectivity index (χ2n) is 7.62. The molecule has 7 heteroatoms. The van der Waals surface area contributed by atoms with E-state index in [0.717, 1.165) is 37.3 Å². The van der Waals surface area contributed by atoms with Crippen LogP contribution in [0.2, 0.25) is 5.02 Å². The summed E-state index contributed by atoms with van der Waals surface area (Å²) in [6, 6.07) is 7.26. The maximum Gasteiger partial charge on any atom is 0.228 e. The number of carbonyl (C=O) groups excluding carboxylic acids is 1. The van der Waals surface area contributed by atoms with Gasteiger partial charge in [0.05, 0.1) is 0 Å². The zero-order valence-corrected chi connectivity index (χ0v) is 16.8. The Morgan fingerprint density at radius 1 is 1.21 bits per heavy atom. The molecule has 6 nitrogen and oxygen atoms in total. The maximum atomic E-state index is 13.0. The lowest BCUT2D eigenvalue weighted by Crippen LogP contribution is -2.50. The molecule has 0 saturated carbocycles. The number of aromatic nitrogens is 2. The largest absolute Gasteiger partial charge is 0.677 e. The molecule has 148 valence electrons. The third-order valence-electron chi connectivity index (χ3n) is 5.92. The van der Waals surface area contributed by atoms with Crippen molar-refractivity contribution in [2.45, 2.75) is 31.6 Å². The summed E-state index contributed by atoms with van der Waals surface area (Å²) in [6.07, 6.45) is 3.82. The molecule has 0 radical (unpaired) electrons. The van der Waals surface area contributed by atoms with Gasteiger partial charge in [-0.05, 0) is 36.5 Å². The highest BCUT2D eigenvalue weighted by molar-refractivity contribution is 6.30. The van der Waals surface area contributed by atoms with Crippen molar-refractivity contribution in [3.05, 3.63) is 58.2 Å². The number of nitrogens with zero attached hydrogens (tertiary/aromatic N) is 4. The van der Waals surface area contributed by atoms with Crippen LogP contribution < -0.4 is 4.90 Å². The highest BCUT2D eigenvalue weighted by Crippen LogP contribution is 2.37. The normalized spacial score (nSPS) is 20.2. The molecule has 1 aromatic heterocycles. The van der Waals surface area contributed by atoms with Crippen LogP contribution in [0, 0.1) is 0 Å². The van der Waals surface area contributed by atoms with Gasteiger partial charge in [-0.1, -0.05) is 30.7 Å². The molecule has 2 heterocycles. The Kier molecular flexibility index (Phi) is 5.51. The number of rotatable bonds is 4. The summed E-state index contributed by atoms with van der Waals surface area (Å²) in [6.45, 7) is 5.09. The van der Waals surface area contributed by atoms with Crippen molar-refractivity contribution in [2.24, 2.45) is 0 Å². The molecular formula is C21H25ClN5O-. The molecule has 1 fully saturated rings. The predicted molar refractivity (Wildman–Crippen MR) is 111 cm³/mol. The quantitative estimate of drug-likeness (QED) is 0.787. The first-order valence-electron chi connectivity index (χ1n) is 9.86. The topological polar surface area (TPSA) is 73.1 Å². The van der Waals surface area contributed by atoms with Crippen LogP contribution in [-0.2, 0) is 11.2 Å². The van der Waals surface area contributed by atoms with Crippen LogP contribution >= 0.6 is 11.6 Å². The number of carbonyl (C=O) groups is 1. The first-order chi connectivity index (χ1) is 13.6. The van der Waals surface area contributed by atoms with Gasteiger partial charge >= 0.3 is 0 Å². The number of hydrogen-bond donors (Lipinski definition) is 0. The smallest absolute Gasteiger partial charge is 0.228 e. The van der Waals surface area contributed by atoms with Crippen molar-refractivity contribution in [2.75, 3.05) is 37.6 Å². The Bertz CT molecular complexity index is 848. The summed E-state index contributed by atoms with van der Waals surface area (Å²) < 4.78 is 0. The Labute approximate surface area is 170 Å². The highest BCUT2D eigenvalue weighted by Gasteiger charge is 2.30. The molecule has 0 bridgehead atoms. The van der Waals surface area contributed by atoms with Crippen molar-refractivity contribution in [3.8, 4) is 0 Å². The second-order valence-corrected chi connectivity index (χ2v) is 8.05. The molecule has 1 aliphatic heterocycles. The van der Waals surface area contributed by atoms with Gasteiger partial charge in [0.2, 0.25) is 5.91 Å². The van der Waals surface area contributed by atoms with E-state index in [1.165, 1.54) is 11.3 Å². The fourth-order valence-corrected chi connectivity index (χ4v) is 4.40. The van der Waals surface area contributed by atoms with Crippen molar-refractivity contribution in [1.29, 1.82) is 0 Å². The molecule has 28 heavy (non-hydrogen) atoms. The standard InChI is InChI=1S/C21H25ClN5O/c1-14-2-7-18-19(14)20(25-13-24-18)26-8-10-27(11-9-26)21(28)17(12-23)15-3-5-16(22)6-4-15/h3-6,13-14,17,23H,2,7-12H2,1H3/q-1/t14-,17-/m1/s1. The molecule has 0 unspecified atom stereocenters. The van der Waals surface area contributed by atoms with E-state index in [4.69, 9.17) is 17.3 Å². The predicted octanol–water partition coefficient (Wildman–Crippen LogP) is 3.66. The second kappa shape index (κ2) is 8.05. The number of anilines is 1. The third kappa shape index (κ3) is 3.59. The van der Waals surface area contributed by atoms with E-state index in [1.54, 1.807) is 18.5 Å². The number of fused-ring (bicyclic) bond motifs is 1. The van der Waals surface area contributed by atoms with Gasteiger partial charge in [-0.2, -0.15) is 0 Å². The minimum Gasteiger partial charge on any atom is -0.677 e. The molecule has 4 rings (SSSR count). The molecule has 0 spiro atoms. The van der Waals surface area contributed by atoms with Gasteiger partial charge in [-0.25, -0.2) is 9.97 Å². The first kappa shape index (κ1) is 19.2. The van der Waals surface area contributed by atoms with Crippen molar-refractivity contribution >= 4 is 23.3 Å². The van der Waals surface area contributed by atoms with Crippen LogP contribution in [0.3, 0.4) is 0 Å². The Morgan fingerprint density at radius 2 is 1.93 bits per heavy atom. The van der Waals surface area contributed by atoms with Gasteiger partial charge in [0, 0.05) is 48.4 Å². The molecule has 1 N–H and O–H groups in total. The zero-order valence-electron chi connectivity index (χ0n) is 16.1. The number of piperazine rings is 1. The molecule has 2 aromatic rings. The summed E-state index contributed by atoms with van der Waals surface area (Å²) in [7, 11) is 0. The average molecular weight is 399 g/mol. The van der Waals surface area contributed by atoms with Crippen molar-refractivity contribution in [1.82, 2.24) is 14.9 Å². The summed E-state index contributed by atoms with van der Waals surface area (Å²) in [4.78, 5) is 26.2. The minimum atomic E-state index is -0.438. The molecule has 1 saturated heterocycles. The van der Waals surface area contributed by atoms with E-state index in [2.05, 4.69) is 21.8 Å². The van der Waals surface area contributed by atoms with Gasteiger partial charge < -0.3 is 15.5 Å². The van der Waals surface area contributed by atoms with Crippen LogP contribution in [0.1, 0.15) is 42.0 Å². The van der Waals surface area contributed by atoms with Crippen LogP contribution in [-0.4, -0.2) is 53.5 Å². The molecule has 1 aliphatic carbocycles. The van der Waals surface area contributed by atoms with Gasteiger partial charge in [-0.3, -0.25) is 4.79 Å². The molecule has 2 aliphatic rings. The van der Waals surface area contributed by atoms with Crippen molar-refractivity contribution < 1.29 is 4.79 Å². The first-order valence-corrected chi connectivity index (χ1v) is 10.2. The lowest BCUT2D eigenvalue weighted by molar-refractivity contribution is -0.132. The molecule has 2 atom stereocenters. The Balaban J connectivity index is 1.45. The number of benzene rings is 1. The molecular weight excluding hydrogens is 374 g/mol. The van der Waals surface area contributed by atoms with Gasteiger partial charge in [0.25, 0.3) is 0 Å². The molecule has 1 amide bonds. The van der Waals surface area contributed by atoms with E-state index in [9.17, 15) is 4.79 Å². The number of nitrogens with one attached hydrogen (secondary N) is 1. The van der Waals surface area contributed by atoms with E-state index in [-0.39, 0.29) is 12.5 Å². The third-order valence-corrected chi connectivity index (χ3v) is 6.17. The van der Waals surface area contributed by atoms with E-state index < -0.39 is 5.92 Å². The van der Waals surface area contributed by atoms with Crippen LogP contribution in [0.25, 0.3) is 5.73 Å². The fraction of sp³-hybridized carbons (Fsp3) is 0.476. The molecule has 1 aromatic carbocycles. The Morgan fingerprint density at radius 3 is 2.61 bits per heavy atom. The monoisotopic (exact) mass is 398 g/mol. The van der Waals surface area contributed by atoms with Crippen LogP contribution in [0.4, 0.5) is 5.82 Å². The maximum absolute atomic E-state index is 13.0. The lowest BCUT2D eigenvalue weighted by atomic mass is 9.97. The van der Waals surface area contributed by atoms with E-state index in [0.29, 0.717) is 24.0 Å². The van der Waals surface area contributed by atoms with Gasteiger partial charge in [-0.15, -0.1) is 6.54 Å². The number of halogens is 1. The van der Waals surface area contributed by atoms with Crippen molar-refractivity contribution in [3.63, 3.8) is 0 Å². The SMILES string of the molecule is C[C@@H]1CCc2ncnc(N3CCN(C(=O)[C@H](C[NH-])c4ccc(Cl)cc4)CC3)c21. The highest BCUT2D eigenvalue weighted by atomic mass is 35.5. The van der Waals surface area contributed by atoms with Gasteiger partial charge in [0.15, 0.2) is 0 Å². The number of amides is 1. The lowest BCUT2D eigenvalue weighted by Gasteiger charge is -2.38. The van der Waals surface area contributed by atoms with E-state index >= 15 is 0 Å². The Hall–Kier alpha value is -2.18. The average Bonchev–Trinajstić information content (AvgIpc) is 3.11. The van der Waals surface area contributed by atoms with Gasteiger partial charge in [0.1, 0.15) is 12.1 Å². The summed E-state index contributed by atoms with van der Waals surface area (Å²) in [5, 5.41) is 0.639. The summed E-state index contributed by atoms with van der Waals surface area (Å²) >= 11 is 5.95. The van der Waals surface area contributed by atoms with Crippen LogP contribution in [0.15, 0.2) is 30.6 Å².